The molecule has 1 aromatic heterocycles. The third-order valence-electron chi connectivity index (χ3n) is 3.53. The smallest absolute Gasteiger partial charge is 0.217 e. The first kappa shape index (κ1) is 11.2. The minimum Gasteiger partial charge on any atom is -0.493 e. The highest BCUT2D eigenvalue weighted by Gasteiger charge is 2.21. The van der Waals surface area contributed by atoms with E-state index in [2.05, 4.69) is 16.9 Å². The normalized spacial score (nSPS) is 18.4. The minimum atomic E-state index is 0.158. The summed E-state index contributed by atoms with van der Waals surface area (Å²) in [5.74, 6) is 1.39. The Morgan fingerprint density at radius 1 is 1.17 bits per heavy atom. The maximum Gasteiger partial charge on any atom is 0.217 e. The van der Waals surface area contributed by atoms with Gasteiger partial charge in [0.2, 0.25) is 5.88 Å². The van der Waals surface area contributed by atoms with Gasteiger partial charge >= 0.3 is 0 Å². The third kappa shape index (κ3) is 1.96. The monoisotopic (exact) mass is 240 g/mol. The molecule has 0 saturated carbocycles. The molecule has 0 radical (unpaired) electrons. The van der Waals surface area contributed by atoms with Crippen LogP contribution in [0.3, 0.4) is 0 Å². The summed E-state index contributed by atoms with van der Waals surface area (Å²) < 4.78 is 0. The van der Waals surface area contributed by atoms with Gasteiger partial charge in [0.25, 0.3) is 0 Å². The van der Waals surface area contributed by atoms with Gasteiger partial charge in [0.15, 0.2) is 5.82 Å². The summed E-state index contributed by atoms with van der Waals surface area (Å²) >= 11 is 0. The van der Waals surface area contributed by atoms with Crippen molar-refractivity contribution in [1.29, 1.82) is 0 Å². The van der Waals surface area contributed by atoms with E-state index in [4.69, 9.17) is 0 Å². The Hall–Kier alpha value is -1.90. The topological polar surface area (TPSA) is 46.0 Å². The van der Waals surface area contributed by atoms with Gasteiger partial charge in [-0.25, -0.2) is 4.98 Å². The molecule has 18 heavy (non-hydrogen) atoms. The van der Waals surface area contributed by atoms with E-state index in [9.17, 15) is 5.11 Å². The molecule has 1 aliphatic rings. The number of hydrogen-bond donors (Lipinski definition) is 1. The highest BCUT2D eigenvalue weighted by Crippen LogP contribution is 2.31. The fourth-order valence-corrected chi connectivity index (χ4v) is 2.48. The molecule has 1 unspecified atom stereocenters. The summed E-state index contributed by atoms with van der Waals surface area (Å²) in [6.45, 7) is 2.20. The second-order valence-corrected chi connectivity index (χ2v) is 5.01. The first-order valence-electron chi connectivity index (χ1n) is 6.38. The average molecular weight is 240 g/mol. The number of aryl methyl sites for hydroxylation is 1. The maximum absolute atomic E-state index is 10.1. The van der Waals surface area contributed by atoms with Crippen LogP contribution in [0.2, 0.25) is 0 Å². The number of hydrogen-bond acceptors (Lipinski definition) is 3. The SMILES string of the molecule is CC1CCc2nc(-c3ccccc3)nc(O)c2C1. The van der Waals surface area contributed by atoms with Gasteiger partial charge in [-0.3, -0.25) is 0 Å². The van der Waals surface area contributed by atoms with Crippen molar-refractivity contribution in [3.63, 3.8) is 0 Å². The summed E-state index contributed by atoms with van der Waals surface area (Å²) in [5.41, 5.74) is 2.90. The van der Waals surface area contributed by atoms with E-state index in [1.165, 1.54) is 0 Å². The second-order valence-electron chi connectivity index (χ2n) is 5.01. The van der Waals surface area contributed by atoms with Crippen molar-refractivity contribution in [1.82, 2.24) is 9.97 Å². The molecular formula is C15H16N2O. The van der Waals surface area contributed by atoms with Crippen LogP contribution in [0.15, 0.2) is 30.3 Å². The maximum atomic E-state index is 10.1. The Kier molecular flexibility index (Phi) is 2.74. The largest absolute Gasteiger partial charge is 0.493 e. The van der Waals surface area contributed by atoms with Gasteiger partial charge in [0, 0.05) is 11.1 Å². The summed E-state index contributed by atoms with van der Waals surface area (Å²) in [6, 6.07) is 9.80. The number of nitrogens with zero attached hydrogens (tertiary/aromatic N) is 2. The third-order valence-corrected chi connectivity index (χ3v) is 3.53. The molecule has 0 amide bonds. The standard InChI is InChI=1S/C15H16N2O/c1-10-7-8-13-12(9-10)15(18)17-14(16-13)11-5-3-2-4-6-11/h2-6,10H,7-9H2,1H3,(H,16,17,18). The van der Waals surface area contributed by atoms with Gasteiger partial charge in [-0.2, -0.15) is 4.98 Å². The van der Waals surface area contributed by atoms with Crippen LogP contribution in [0, 0.1) is 5.92 Å². The zero-order chi connectivity index (χ0) is 12.5. The van der Waals surface area contributed by atoms with Crippen LogP contribution >= 0.6 is 0 Å². The van der Waals surface area contributed by atoms with Crippen LogP contribution in [-0.4, -0.2) is 15.1 Å². The Balaban J connectivity index is 2.07. The van der Waals surface area contributed by atoms with Crippen molar-refractivity contribution in [2.75, 3.05) is 0 Å². The van der Waals surface area contributed by atoms with Gasteiger partial charge in [-0.05, 0) is 25.2 Å². The van der Waals surface area contributed by atoms with E-state index in [1.807, 2.05) is 30.3 Å². The Bertz CT molecular complexity index is 566. The zero-order valence-corrected chi connectivity index (χ0v) is 10.4. The minimum absolute atomic E-state index is 0.158. The molecule has 2 aromatic rings. The zero-order valence-electron chi connectivity index (χ0n) is 10.4. The lowest BCUT2D eigenvalue weighted by atomic mass is 9.88. The molecule has 3 nitrogen and oxygen atoms in total. The van der Waals surface area contributed by atoms with E-state index in [0.29, 0.717) is 11.7 Å². The molecule has 3 rings (SSSR count). The van der Waals surface area contributed by atoms with Crippen LogP contribution < -0.4 is 0 Å². The number of benzene rings is 1. The molecule has 0 aliphatic heterocycles. The van der Waals surface area contributed by atoms with Gasteiger partial charge < -0.3 is 5.11 Å². The lowest BCUT2D eigenvalue weighted by molar-refractivity contribution is 0.418. The molecule has 1 aromatic carbocycles. The highest BCUT2D eigenvalue weighted by atomic mass is 16.3. The van der Waals surface area contributed by atoms with E-state index in [1.54, 1.807) is 0 Å². The van der Waals surface area contributed by atoms with Gasteiger partial charge in [0.1, 0.15) is 0 Å². The van der Waals surface area contributed by atoms with Crippen molar-refractivity contribution < 1.29 is 5.11 Å². The predicted octanol–water partition coefficient (Wildman–Crippen LogP) is 2.97. The van der Waals surface area contributed by atoms with Crippen LogP contribution in [-0.2, 0) is 12.8 Å². The van der Waals surface area contributed by atoms with Crippen LogP contribution in [0.4, 0.5) is 0 Å². The molecule has 92 valence electrons. The number of fused-ring (bicyclic) bond motifs is 1. The van der Waals surface area contributed by atoms with Gasteiger partial charge in [-0.15, -0.1) is 0 Å². The lowest BCUT2D eigenvalue weighted by Gasteiger charge is -2.21. The fraction of sp³-hybridized carbons (Fsp3) is 0.333. The predicted molar refractivity (Wildman–Crippen MR) is 70.3 cm³/mol. The Morgan fingerprint density at radius 2 is 1.94 bits per heavy atom. The van der Waals surface area contributed by atoms with Crippen LogP contribution in [0.25, 0.3) is 11.4 Å². The van der Waals surface area contributed by atoms with Crippen LogP contribution in [0.1, 0.15) is 24.6 Å². The van der Waals surface area contributed by atoms with Gasteiger partial charge in [0.05, 0.1) is 5.69 Å². The summed E-state index contributed by atoms with van der Waals surface area (Å²) in [6.07, 6.45) is 2.96. The first-order valence-corrected chi connectivity index (χ1v) is 6.38. The summed E-state index contributed by atoms with van der Waals surface area (Å²) in [7, 11) is 0. The second kappa shape index (κ2) is 4.41. The molecular weight excluding hydrogens is 224 g/mol. The van der Waals surface area contributed by atoms with Crippen molar-refractivity contribution >= 4 is 0 Å². The first-order chi connectivity index (χ1) is 8.74. The van der Waals surface area contributed by atoms with Crippen molar-refractivity contribution in [3.05, 3.63) is 41.6 Å². The van der Waals surface area contributed by atoms with Crippen molar-refractivity contribution in [3.8, 4) is 17.3 Å². The van der Waals surface area contributed by atoms with E-state index >= 15 is 0 Å². The van der Waals surface area contributed by atoms with E-state index in [0.717, 1.165) is 36.1 Å². The fourth-order valence-electron chi connectivity index (χ4n) is 2.48. The molecule has 1 heterocycles. The molecule has 1 atom stereocenters. The molecule has 3 heteroatoms. The Labute approximate surface area is 107 Å². The lowest BCUT2D eigenvalue weighted by Crippen LogP contribution is -2.14. The molecule has 0 fully saturated rings. The number of rotatable bonds is 1. The van der Waals surface area contributed by atoms with E-state index < -0.39 is 0 Å². The number of aromatic nitrogens is 2. The van der Waals surface area contributed by atoms with Crippen molar-refractivity contribution in [2.24, 2.45) is 5.92 Å². The molecule has 1 N–H and O–H groups in total. The quantitative estimate of drug-likeness (QED) is 0.833. The molecule has 0 saturated heterocycles. The van der Waals surface area contributed by atoms with Gasteiger partial charge in [-0.1, -0.05) is 37.3 Å². The molecule has 1 aliphatic carbocycles. The average Bonchev–Trinajstić information content (AvgIpc) is 2.40. The molecule has 0 bridgehead atoms. The number of aromatic hydroxyl groups is 1. The Morgan fingerprint density at radius 3 is 2.72 bits per heavy atom. The summed E-state index contributed by atoms with van der Waals surface area (Å²) in [4.78, 5) is 8.84. The van der Waals surface area contributed by atoms with Crippen molar-refractivity contribution in [2.45, 2.75) is 26.2 Å². The molecule has 0 spiro atoms. The summed E-state index contributed by atoms with van der Waals surface area (Å²) in [5, 5.41) is 10.1. The highest BCUT2D eigenvalue weighted by molar-refractivity contribution is 5.56. The van der Waals surface area contributed by atoms with E-state index in [-0.39, 0.29) is 5.88 Å². The van der Waals surface area contributed by atoms with Crippen LogP contribution in [0.5, 0.6) is 5.88 Å².